The zero-order valence-electron chi connectivity index (χ0n) is 20.5. The summed E-state index contributed by atoms with van der Waals surface area (Å²) in [5, 5.41) is 9.25. The van der Waals surface area contributed by atoms with Crippen molar-refractivity contribution in [2.45, 2.75) is 20.4 Å². The molecule has 36 heavy (non-hydrogen) atoms. The Hall–Kier alpha value is -4.60. The fourth-order valence-electron chi connectivity index (χ4n) is 4.00. The molecule has 2 aromatic carbocycles. The summed E-state index contributed by atoms with van der Waals surface area (Å²) in [6, 6.07) is 12.8. The standard InChI is InChI=1S/C26H24N4O6/c1-14-19(27-25(35-14)17-8-11-20(33-4)21(12-17)34-5)13-30-26(31)24-22(15(2)36-29-24)23(28-30)16-6-9-18(32-3)10-7-16/h6-12H,13H2,1-5H3. The van der Waals surface area contributed by atoms with Crippen molar-refractivity contribution in [1.29, 1.82) is 0 Å². The normalized spacial score (nSPS) is 11.1. The van der Waals surface area contributed by atoms with Gasteiger partial charge >= 0.3 is 0 Å². The zero-order chi connectivity index (χ0) is 25.4. The molecule has 0 aliphatic rings. The lowest BCUT2D eigenvalue weighted by Gasteiger charge is -2.09. The van der Waals surface area contributed by atoms with Gasteiger partial charge in [0.1, 0.15) is 28.7 Å². The van der Waals surface area contributed by atoms with Crippen molar-refractivity contribution in [3.05, 3.63) is 70.0 Å². The van der Waals surface area contributed by atoms with Crippen LogP contribution in [0.25, 0.3) is 33.6 Å². The molecule has 0 fully saturated rings. The number of fused-ring (bicyclic) bond motifs is 1. The third-order valence-electron chi connectivity index (χ3n) is 5.94. The van der Waals surface area contributed by atoms with E-state index in [9.17, 15) is 4.79 Å². The summed E-state index contributed by atoms with van der Waals surface area (Å²) in [5.41, 5.74) is 2.47. The van der Waals surface area contributed by atoms with Gasteiger partial charge in [-0.2, -0.15) is 5.10 Å². The first-order valence-corrected chi connectivity index (χ1v) is 11.1. The number of hydrogen-bond acceptors (Lipinski definition) is 9. The summed E-state index contributed by atoms with van der Waals surface area (Å²) in [5.74, 6) is 3.34. The molecule has 0 saturated carbocycles. The lowest BCUT2D eigenvalue weighted by molar-refractivity contribution is 0.355. The van der Waals surface area contributed by atoms with Gasteiger partial charge in [0, 0.05) is 11.1 Å². The van der Waals surface area contributed by atoms with Crippen LogP contribution in [0.1, 0.15) is 17.2 Å². The molecule has 0 aliphatic heterocycles. The van der Waals surface area contributed by atoms with Crippen molar-refractivity contribution in [1.82, 2.24) is 19.9 Å². The Morgan fingerprint density at radius 1 is 0.889 bits per heavy atom. The summed E-state index contributed by atoms with van der Waals surface area (Å²) in [6.45, 7) is 3.64. The molecule has 0 bridgehead atoms. The lowest BCUT2D eigenvalue weighted by Crippen LogP contribution is -2.25. The van der Waals surface area contributed by atoms with E-state index in [0.717, 1.165) is 5.56 Å². The average molecular weight is 489 g/mol. The van der Waals surface area contributed by atoms with E-state index in [4.69, 9.17) is 23.2 Å². The smallest absolute Gasteiger partial charge is 0.297 e. The topological polar surface area (TPSA) is 115 Å². The van der Waals surface area contributed by atoms with Crippen LogP contribution in [0, 0.1) is 13.8 Å². The highest BCUT2D eigenvalue weighted by Gasteiger charge is 2.21. The van der Waals surface area contributed by atoms with Gasteiger partial charge in [-0.15, -0.1) is 0 Å². The van der Waals surface area contributed by atoms with E-state index in [2.05, 4.69) is 15.2 Å². The fourth-order valence-corrected chi connectivity index (χ4v) is 4.00. The van der Waals surface area contributed by atoms with Gasteiger partial charge in [0.05, 0.1) is 33.3 Å². The number of methoxy groups -OCH3 is 3. The minimum absolute atomic E-state index is 0.0897. The van der Waals surface area contributed by atoms with Crippen molar-refractivity contribution in [2.24, 2.45) is 0 Å². The van der Waals surface area contributed by atoms with E-state index in [0.29, 0.717) is 57.0 Å². The van der Waals surface area contributed by atoms with Gasteiger partial charge in [0.15, 0.2) is 17.0 Å². The largest absolute Gasteiger partial charge is 0.497 e. The Morgan fingerprint density at radius 3 is 2.31 bits per heavy atom. The monoisotopic (exact) mass is 488 g/mol. The predicted octanol–water partition coefficient (Wildman–Crippen LogP) is 4.40. The quantitative estimate of drug-likeness (QED) is 0.329. The van der Waals surface area contributed by atoms with Gasteiger partial charge in [-0.25, -0.2) is 9.67 Å². The van der Waals surface area contributed by atoms with Crippen molar-refractivity contribution in [2.75, 3.05) is 21.3 Å². The summed E-state index contributed by atoms with van der Waals surface area (Å²) < 4.78 is 28.5. The number of ether oxygens (including phenoxy) is 3. The third-order valence-corrected chi connectivity index (χ3v) is 5.94. The van der Waals surface area contributed by atoms with Crippen LogP contribution in [-0.4, -0.2) is 41.3 Å². The molecule has 5 rings (SSSR count). The lowest BCUT2D eigenvalue weighted by atomic mass is 10.1. The highest BCUT2D eigenvalue weighted by Crippen LogP contribution is 2.33. The molecule has 0 saturated heterocycles. The van der Waals surface area contributed by atoms with Crippen molar-refractivity contribution >= 4 is 10.9 Å². The molecule has 0 spiro atoms. The maximum atomic E-state index is 13.2. The summed E-state index contributed by atoms with van der Waals surface area (Å²) in [7, 11) is 4.74. The maximum absolute atomic E-state index is 13.2. The molecule has 10 nitrogen and oxygen atoms in total. The van der Waals surface area contributed by atoms with Crippen LogP contribution in [0.5, 0.6) is 17.2 Å². The molecular weight excluding hydrogens is 464 g/mol. The van der Waals surface area contributed by atoms with Gasteiger partial charge in [0.2, 0.25) is 5.89 Å². The minimum atomic E-state index is -0.380. The first-order valence-electron chi connectivity index (χ1n) is 11.1. The van der Waals surface area contributed by atoms with E-state index in [1.54, 1.807) is 47.3 Å². The molecule has 5 aromatic rings. The van der Waals surface area contributed by atoms with Crippen LogP contribution in [-0.2, 0) is 6.54 Å². The van der Waals surface area contributed by atoms with Gasteiger partial charge in [0.25, 0.3) is 5.56 Å². The molecular formula is C26H24N4O6. The predicted molar refractivity (Wildman–Crippen MR) is 132 cm³/mol. The van der Waals surface area contributed by atoms with Crippen LogP contribution in [0.2, 0.25) is 0 Å². The Kier molecular flexibility index (Phi) is 5.93. The van der Waals surface area contributed by atoms with E-state index < -0.39 is 0 Å². The van der Waals surface area contributed by atoms with Crippen LogP contribution < -0.4 is 19.8 Å². The first kappa shape index (κ1) is 23.2. The molecule has 0 atom stereocenters. The molecule has 0 radical (unpaired) electrons. The van der Waals surface area contributed by atoms with Crippen molar-refractivity contribution in [3.8, 4) is 40.0 Å². The molecule has 184 valence electrons. The fraction of sp³-hybridized carbons (Fsp3) is 0.231. The van der Waals surface area contributed by atoms with Crippen molar-refractivity contribution in [3.63, 3.8) is 0 Å². The Bertz CT molecular complexity index is 1610. The minimum Gasteiger partial charge on any atom is -0.497 e. The number of nitrogens with zero attached hydrogens (tertiary/aromatic N) is 4. The number of oxazole rings is 1. The summed E-state index contributed by atoms with van der Waals surface area (Å²) in [6.07, 6.45) is 0. The molecule has 0 aliphatic carbocycles. The van der Waals surface area contributed by atoms with Crippen LogP contribution in [0.3, 0.4) is 0 Å². The molecule has 0 unspecified atom stereocenters. The van der Waals surface area contributed by atoms with E-state index >= 15 is 0 Å². The Morgan fingerprint density at radius 2 is 1.61 bits per heavy atom. The molecule has 10 heteroatoms. The molecule has 3 aromatic heterocycles. The van der Waals surface area contributed by atoms with Crippen LogP contribution >= 0.6 is 0 Å². The number of aromatic nitrogens is 4. The van der Waals surface area contributed by atoms with E-state index in [1.165, 1.54) is 4.68 Å². The zero-order valence-corrected chi connectivity index (χ0v) is 20.5. The van der Waals surface area contributed by atoms with Crippen molar-refractivity contribution < 1.29 is 23.2 Å². The number of aryl methyl sites for hydroxylation is 2. The van der Waals surface area contributed by atoms with E-state index in [1.807, 2.05) is 30.3 Å². The number of hydrogen-bond donors (Lipinski definition) is 0. The van der Waals surface area contributed by atoms with Gasteiger partial charge in [-0.3, -0.25) is 4.79 Å². The number of benzene rings is 2. The third kappa shape index (κ3) is 3.96. The van der Waals surface area contributed by atoms with Crippen LogP contribution in [0.4, 0.5) is 0 Å². The second-order valence-electron chi connectivity index (χ2n) is 8.09. The number of rotatable bonds is 7. The maximum Gasteiger partial charge on any atom is 0.297 e. The molecule has 0 N–H and O–H groups in total. The van der Waals surface area contributed by atoms with Gasteiger partial charge in [-0.1, -0.05) is 5.16 Å². The summed E-state index contributed by atoms with van der Waals surface area (Å²) >= 11 is 0. The molecule has 0 amide bonds. The highest BCUT2D eigenvalue weighted by atomic mass is 16.5. The summed E-state index contributed by atoms with van der Waals surface area (Å²) in [4.78, 5) is 17.9. The SMILES string of the molecule is COc1ccc(-c2nn(Cc3nc(-c4ccc(OC)c(OC)c4)oc3C)c(=O)c3noc(C)c23)cc1. The second-order valence-corrected chi connectivity index (χ2v) is 8.09. The molecule has 3 heterocycles. The van der Waals surface area contributed by atoms with Crippen LogP contribution in [0.15, 0.2) is 56.2 Å². The van der Waals surface area contributed by atoms with Gasteiger partial charge < -0.3 is 23.2 Å². The first-order chi connectivity index (χ1) is 17.4. The average Bonchev–Trinajstić information content (AvgIpc) is 3.48. The Balaban J connectivity index is 1.57. The Labute approximate surface area is 206 Å². The second kappa shape index (κ2) is 9.21. The highest BCUT2D eigenvalue weighted by molar-refractivity contribution is 5.93. The van der Waals surface area contributed by atoms with E-state index in [-0.39, 0.29) is 17.6 Å². The van der Waals surface area contributed by atoms with Gasteiger partial charge in [-0.05, 0) is 56.3 Å².